The SMILES string of the molecule is N#Cc1ccc2c(c1)[C@H](c1ccccc1C(N)=O)CC2. The summed E-state index contributed by atoms with van der Waals surface area (Å²) in [6.45, 7) is 0. The first-order valence-electron chi connectivity index (χ1n) is 6.62. The standard InChI is InChI=1S/C17H14N2O/c18-10-11-5-6-12-7-8-14(16(12)9-11)13-3-1-2-4-15(13)17(19)20/h1-6,9,14H,7-8H2,(H2,19,20)/t14-/m0/s1. The third-order valence-corrected chi connectivity index (χ3v) is 3.95. The number of benzene rings is 2. The first-order valence-corrected chi connectivity index (χ1v) is 6.62. The van der Waals surface area contributed by atoms with Gasteiger partial charge >= 0.3 is 0 Å². The van der Waals surface area contributed by atoms with Crippen LogP contribution in [-0.4, -0.2) is 5.91 Å². The summed E-state index contributed by atoms with van der Waals surface area (Å²) in [6, 6.07) is 15.4. The van der Waals surface area contributed by atoms with Gasteiger partial charge in [-0.15, -0.1) is 0 Å². The molecule has 2 aromatic rings. The number of rotatable bonds is 2. The van der Waals surface area contributed by atoms with Crippen LogP contribution < -0.4 is 5.73 Å². The van der Waals surface area contributed by atoms with E-state index in [1.807, 2.05) is 36.4 Å². The minimum Gasteiger partial charge on any atom is -0.366 e. The van der Waals surface area contributed by atoms with Crippen LogP contribution in [0.5, 0.6) is 0 Å². The molecule has 0 bridgehead atoms. The van der Waals surface area contributed by atoms with Crippen molar-refractivity contribution in [2.75, 3.05) is 0 Å². The maximum Gasteiger partial charge on any atom is 0.248 e. The fourth-order valence-electron chi connectivity index (χ4n) is 3.02. The Bertz CT molecular complexity index is 728. The molecule has 0 saturated carbocycles. The van der Waals surface area contributed by atoms with E-state index >= 15 is 0 Å². The highest BCUT2D eigenvalue weighted by Crippen LogP contribution is 2.39. The second-order valence-corrected chi connectivity index (χ2v) is 5.07. The van der Waals surface area contributed by atoms with Gasteiger partial charge in [0.25, 0.3) is 0 Å². The number of hydrogen-bond donors (Lipinski definition) is 1. The van der Waals surface area contributed by atoms with E-state index in [9.17, 15) is 4.79 Å². The van der Waals surface area contributed by atoms with Crippen molar-refractivity contribution in [1.82, 2.24) is 0 Å². The number of carbonyl (C=O) groups excluding carboxylic acids is 1. The Morgan fingerprint density at radius 3 is 2.75 bits per heavy atom. The first kappa shape index (κ1) is 12.4. The summed E-state index contributed by atoms with van der Waals surface area (Å²) >= 11 is 0. The number of primary amides is 1. The first-order chi connectivity index (χ1) is 9.70. The monoisotopic (exact) mass is 262 g/mol. The summed E-state index contributed by atoms with van der Waals surface area (Å²) in [5, 5.41) is 9.04. The molecule has 0 saturated heterocycles. The van der Waals surface area contributed by atoms with Gasteiger partial charge in [-0.1, -0.05) is 24.3 Å². The molecule has 1 aliphatic rings. The summed E-state index contributed by atoms with van der Waals surface area (Å²) in [7, 11) is 0. The highest BCUT2D eigenvalue weighted by molar-refractivity contribution is 5.94. The molecule has 2 aromatic carbocycles. The Morgan fingerprint density at radius 1 is 1.20 bits per heavy atom. The van der Waals surface area contributed by atoms with Crippen LogP contribution in [0.3, 0.4) is 0 Å². The number of nitrogens with zero attached hydrogens (tertiary/aromatic N) is 1. The molecule has 3 rings (SSSR count). The largest absolute Gasteiger partial charge is 0.366 e. The van der Waals surface area contributed by atoms with Gasteiger partial charge in [-0.2, -0.15) is 5.26 Å². The number of nitriles is 1. The lowest BCUT2D eigenvalue weighted by Gasteiger charge is -2.15. The molecule has 1 amide bonds. The average Bonchev–Trinajstić information content (AvgIpc) is 2.89. The second kappa shape index (κ2) is 4.82. The van der Waals surface area contributed by atoms with E-state index in [2.05, 4.69) is 6.07 Å². The predicted molar refractivity (Wildman–Crippen MR) is 76.3 cm³/mol. The number of fused-ring (bicyclic) bond motifs is 1. The van der Waals surface area contributed by atoms with Crippen molar-refractivity contribution < 1.29 is 4.79 Å². The van der Waals surface area contributed by atoms with Crippen LogP contribution >= 0.6 is 0 Å². The van der Waals surface area contributed by atoms with Crippen LogP contribution in [0.15, 0.2) is 42.5 Å². The Morgan fingerprint density at radius 2 is 2.00 bits per heavy atom. The second-order valence-electron chi connectivity index (χ2n) is 5.07. The van der Waals surface area contributed by atoms with E-state index in [4.69, 9.17) is 11.0 Å². The highest BCUT2D eigenvalue weighted by Gasteiger charge is 2.26. The van der Waals surface area contributed by atoms with Crippen molar-refractivity contribution in [3.05, 3.63) is 70.3 Å². The molecule has 0 unspecified atom stereocenters. The van der Waals surface area contributed by atoms with Crippen LogP contribution in [0.1, 0.15) is 45.0 Å². The normalized spacial score (nSPS) is 16.4. The van der Waals surface area contributed by atoms with E-state index in [0.717, 1.165) is 24.0 Å². The molecule has 1 aliphatic carbocycles. The molecular weight excluding hydrogens is 248 g/mol. The van der Waals surface area contributed by atoms with Crippen LogP contribution in [0.4, 0.5) is 0 Å². The van der Waals surface area contributed by atoms with Crippen LogP contribution in [-0.2, 0) is 6.42 Å². The number of aryl methyl sites for hydroxylation is 1. The Kier molecular flexibility index (Phi) is 3.00. The van der Waals surface area contributed by atoms with Gasteiger partial charge in [0.1, 0.15) is 0 Å². The van der Waals surface area contributed by atoms with E-state index in [1.165, 1.54) is 5.56 Å². The van der Waals surface area contributed by atoms with Gasteiger partial charge in [-0.3, -0.25) is 4.79 Å². The Labute approximate surface area is 117 Å². The van der Waals surface area contributed by atoms with Crippen molar-refractivity contribution in [3.63, 3.8) is 0 Å². The van der Waals surface area contributed by atoms with Gasteiger partial charge in [0.2, 0.25) is 5.91 Å². The molecule has 1 atom stereocenters. The van der Waals surface area contributed by atoms with E-state index in [0.29, 0.717) is 11.1 Å². The van der Waals surface area contributed by atoms with Crippen molar-refractivity contribution in [1.29, 1.82) is 5.26 Å². The zero-order valence-corrected chi connectivity index (χ0v) is 11.0. The molecule has 0 aliphatic heterocycles. The van der Waals surface area contributed by atoms with Crippen molar-refractivity contribution >= 4 is 5.91 Å². The van der Waals surface area contributed by atoms with Crippen molar-refractivity contribution in [2.45, 2.75) is 18.8 Å². The summed E-state index contributed by atoms with van der Waals surface area (Å²) in [6.07, 6.45) is 1.92. The maximum absolute atomic E-state index is 11.6. The zero-order valence-electron chi connectivity index (χ0n) is 11.0. The fourth-order valence-corrected chi connectivity index (χ4v) is 3.02. The summed E-state index contributed by atoms with van der Waals surface area (Å²) < 4.78 is 0. The molecular formula is C17H14N2O. The van der Waals surface area contributed by atoms with Gasteiger partial charge in [0.15, 0.2) is 0 Å². The summed E-state index contributed by atoms with van der Waals surface area (Å²) in [4.78, 5) is 11.6. The lowest BCUT2D eigenvalue weighted by molar-refractivity contribution is 0.0999. The minimum absolute atomic E-state index is 0.155. The van der Waals surface area contributed by atoms with Crippen LogP contribution in [0, 0.1) is 11.3 Å². The molecule has 2 N–H and O–H groups in total. The van der Waals surface area contributed by atoms with Crippen molar-refractivity contribution in [3.8, 4) is 6.07 Å². The molecule has 98 valence electrons. The van der Waals surface area contributed by atoms with Gasteiger partial charge in [-0.05, 0) is 47.7 Å². The molecule has 3 heteroatoms. The van der Waals surface area contributed by atoms with Crippen LogP contribution in [0.2, 0.25) is 0 Å². The molecule has 3 nitrogen and oxygen atoms in total. The maximum atomic E-state index is 11.6. The third kappa shape index (κ3) is 1.96. The van der Waals surface area contributed by atoms with Gasteiger partial charge < -0.3 is 5.73 Å². The highest BCUT2D eigenvalue weighted by atomic mass is 16.1. The topological polar surface area (TPSA) is 66.9 Å². The van der Waals surface area contributed by atoms with Gasteiger partial charge in [0, 0.05) is 11.5 Å². The number of nitrogens with two attached hydrogens (primary N) is 1. The van der Waals surface area contributed by atoms with Crippen LogP contribution in [0.25, 0.3) is 0 Å². The number of amides is 1. The van der Waals surface area contributed by atoms with E-state index in [1.54, 1.807) is 6.07 Å². The number of hydrogen-bond acceptors (Lipinski definition) is 2. The summed E-state index contributed by atoms with van der Waals surface area (Å²) in [5.41, 5.74) is 10.1. The predicted octanol–water partition coefficient (Wildman–Crippen LogP) is 2.74. The van der Waals surface area contributed by atoms with Gasteiger partial charge in [-0.25, -0.2) is 0 Å². The number of carbonyl (C=O) groups is 1. The Balaban J connectivity index is 2.12. The quantitative estimate of drug-likeness (QED) is 0.904. The molecule has 0 heterocycles. The third-order valence-electron chi connectivity index (χ3n) is 3.95. The molecule has 0 fully saturated rings. The van der Waals surface area contributed by atoms with Gasteiger partial charge in [0.05, 0.1) is 11.6 Å². The molecule has 0 aromatic heterocycles. The Hall–Kier alpha value is -2.60. The molecule has 20 heavy (non-hydrogen) atoms. The van der Waals surface area contributed by atoms with Crippen molar-refractivity contribution in [2.24, 2.45) is 5.73 Å². The average molecular weight is 262 g/mol. The lowest BCUT2D eigenvalue weighted by Crippen LogP contribution is -2.15. The zero-order chi connectivity index (χ0) is 14.1. The smallest absolute Gasteiger partial charge is 0.248 e. The summed E-state index contributed by atoms with van der Waals surface area (Å²) in [5.74, 6) is -0.243. The van der Waals surface area contributed by atoms with E-state index in [-0.39, 0.29) is 5.92 Å². The fraction of sp³-hybridized carbons (Fsp3) is 0.176. The lowest BCUT2D eigenvalue weighted by atomic mass is 9.88. The van der Waals surface area contributed by atoms with E-state index < -0.39 is 5.91 Å². The minimum atomic E-state index is -0.398. The molecule has 0 spiro atoms. The molecule has 0 radical (unpaired) electrons.